The number of carbonyl (C=O) groups is 2. The predicted octanol–water partition coefficient (Wildman–Crippen LogP) is 3.90. The van der Waals surface area contributed by atoms with Crippen LogP contribution < -0.4 is 23.7 Å². The van der Waals surface area contributed by atoms with Gasteiger partial charge in [0.15, 0.2) is 23.0 Å². The van der Waals surface area contributed by atoms with Gasteiger partial charge in [0.05, 0.1) is 19.1 Å². The van der Waals surface area contributed by atoms with Crippen LogP contribution in [0.1, 0.15) is 31.8 Å². The summed E-state index contributed by atoms with van der Waals surface area (Å²) in [4.78, 5) is 27.9. The van der Waals surface area contributed by atoms with Crippen LogP contribution in [0.4, 0.5) is 0 Å². The van der Waals surface area contributed by atoms with E-state index in [1.165, 1.54) is 20.3 Å². The van der Waals surface area contributed by atoms with Gasteiger partial charge in [-0.1, -0.05) is 36.4 Å². The number of hydrogen-bond acceptors (Lipinski definition) is 8. The van der Waals surface area contributed by atoms with Crippen LogP contribution in [0.25, 0.3) is 10.8 Å². The van der Waals surface area contributed by atoms with Crippen molar-refractivity contribution in [3.05, 3.63) is 89.0 Å². The van der Waals surface area contributed by atoms with Gasteiger partial charge in [0.25, 0.3) is 11.8 Å². The van der Waals surface area contributed by atoms with Gasteiger partial charge in [-0.2, -0.15) is 0 Å². The maximum Gasteiger partial charge on any atom is 0.261 e. The Kier molecular flexibility index (Phi) is 6.76. The number of hydrogen-bond donors (Lipinski definition) is 1. The Morgan fingerprint density at radius 2 is 1.51 bits per heavy atom. The summed E-state index contributed by atoms with van der Waals surface area (Å²) >= 11 is 0. The molecule has 2 heterocycles. The number of amides is 2. The summed E-state index contributed by atoms with van der Waals surface area (Å²) in [6, 6.07) is 18.8. The molecule has 0 aromatic heterocycles. The molecule has 41 heavy (non-hydrogen) atoms. The van der Waals surface area contributed by atoms with Crippen molar-refractivity contribution in [2.45, 2.75) is 17.9 Å². The first-order chi connectivity index (χ1) is 19.8. The van der Waals surface area contributed by atoms with Crippen molar-refractivity contribution in [2.24, 2.45) is 0 Å². The zero-order valence-corrected chi connectivity index (χ0v) is 23.1. The molecule has 0 saturated carbocycles. The first-order valence-corrected chi connectivity index (χ1v) is 14.3. The molecule has 0 spiro atoms. The number of ether oxygens (including phenoxy) is 4. The zero-order valence-electron chi connectivity index (χ0n) is 22.3. The second-order valence-corrected chi connectivity index (χ2v) is 11.2. The van der Waals surface area contributed by atoms with Crippen LogP contribution >= 0.6 is 0 Å². The maximum absolute atomic E-state index is 13.6. The van der Waals surface area contributed by atoms with E-state index in [4.69, 9.17) is 18.9 Å². The molecule has 0 fully saturated rings. The second kappa shape index (κ2) is 10.4. The lowest BCUT2D eigenvalue weighted by Gasteiger charge is -2.27. The third-order valence-electron chi connectivity index (χ3n) is 7.25. The normalized spacial score (nSPS) is 14.0. The van der Waals surface area contributed by atoms with Crippen molar-refractivity contribution in [3.63, 3.8) is 0 Å². The Morgan fingerprint density at radius 1 is 0.854 bits per heavy atom. The Morgan fingerprint density at radius 3 is 2.20 bits per heavy atom. The molecule has 1 N–H and O–H groups in total. The minimum absolute atomic E-state index is 0.0439. The lowest BCUT2D eigenvalue weighted by Crippen LogP contribution is -2.41. The lowest BCUT2D eigenvalue weighted by molar-refractivity contribution is 0.0612. The Hall–Kier alpha value is -4.61. The number of methoxy groups -OCH3 is 2. The fourth-order valence-electron chi connectivity index (χ4n) is 5.24. The number of imide groups is 1. The monoisotopic (exact) mass is 574 g/mol. The van der Waals surface area contributed by atoms with Crippen LogP contribution in [-0.4, -0.2) is 52.7 Å². The Bertz CT molecular complexity index is 1770. The zero-order chi connectivity index (χ0) is 28.7. The van der Waals surface area contributed by atoms with Gasteiger partial charge >= 0.3 is 0 Å². The van der Waals surface area contributed by atoms with Crippen LogP contribution in [0.5, 0.6) is 23.0 Å². The molecule has 2 amide bonds. The predicted molar refractivity (Wildman–Crippen MR) is 149 cm³/mol. The van der Waals surface area contributed by atoms with Gasteiger partial charge in [0, 0.05) is 41.2 Å². The summed E-state index contributed by atoms with van der Waals surface area (Å²) in [5.74, 6) is 0.714. The SMILES string of the molecule is COc1cc(CCN2C(=O)c3cccc4cccc(c34)C2=O)c(S(=O)(=O)NCc2cccc3c2OCO3)cc1OC. The van der Waals surface area contributed by atoms with Crippen LogP contribution in [-0.2, 0) is 23.0 Å². The quantitative estimate of drug-likeness (QED) is 0.299. The van der Waals surface area contributed by atoms with E-state index in [9.17, 15) is 18.0 Å². The van der Waals surface area contributed by atoms with Crippen LogP contribution in [0, 0.1) is 0 Å². The molecule has 6 rings (SSSR count). The van der Waals surface area contributed by atoms with Crippen molar-refractivity contribution in [1.82, 2.24) is 9.62 Å². The summed E-state index contributed by atoms with van der Waals surface area (Å²) in [7, 11) is -1.24. The summed E-state index contributed by atoms with van der Waals surface area (Å²) in [6.07, 6.45) is 0.0594. The van der Waals surface area contributed by atoms with E-state index >= 15 is 0 Å². The molecule has 0 unspecified atom stereocenters. The van der Waals surface area contributed by atoms with Gasteiger partial charge in [-0.15, -0.1) is 0 Å². The average Bonchev–Trinajstić information content (AvgIpc) is 3.48. The Labute approximate surface area is 236 Å². The van der Waals surface area contributed by atoms with Gasteiger partial charge in [0.1, 0.15) is 0 Å². The highest BCUT2D eigenvalue weighted by molar-refractivity contribution is 7.89. The molecule has 2 aliphatic rings. The molecule has 4 aromatic rings. The highest BCUT2D eigenvalue weighted by atomic mass is 32.2. The molecule has 0 aliphatic carbocycles. The van der Waals surface area contributed by atoms with E-state index in [0.717, 1.165) is 10.3 Å². The summed E-state index contributed by atoms with van der Waals surface area (Å²) in [5.41, 5.74) is 1.83. The fourth-order valence-corrected chi connectivity index (χ4v) is 6.51. The van der Waals surface area contributed by atoms with Crippen molar-refractivity contribution in [2.75, 3.05) is 27.6 Å². The molecular weight excluding hydrogens is 548 g/mol. The van der Waals surface area contributed by atoms with E-state index in [2.05, 4.69) is 4.72 Å². The number of nitrogens with one attached hydrogen (secondary N) is 1. The molecule has 0 bridgehead atoms. The molecule has 0 radical (unpaired) electrons. The van der Waals surface area contributed by atoms with Crippen LogP contribution in [0.15, 0.2) is 71.6 Å². The standard InChI is InChI=1S/C30H26N2O8S/c1-37-24-14-19(12-13-32-29(33)21-9-3-6-18-7-4-10-22(27(18)21)30(32)34)26(15-25(24)38-2)41(35,36)31-16-20-8-5-11-23-28(20)40-17-39-23/h3-11,14-15,31H,12-13,16-17H2,1-2H3. The van der Waals surface area contributed by atoms with E-state index < -0.39 is 21.8 Å². The van der Waals surface area contributed by atoms with Crippen LogP contribution in [0.3, 0.4) is 0 Å². The largest absolute Gasteiger partial charge is 0.493 e. The first kappa shape index (κ1) is 26.6. The van der Waals surface area contributed by atoms with Gasteiger partial charge in [-0.3, -0.25) is 14.5 Å². The minimum Gasteiger partial charge on any atom is -0.493 e. The van der Waals surface area contributed by atoms with E-state index in [1.807, 2.05) is 12.1 Å². The van der Waals surface area contributed by atoms with E-state index in [0.29, 0.717) is 44.9 Å². The van der Waals surface area contributed by atoms with Gasteiger partial charge in [-0.05, 0) is 41.6 Å². The number of fused-ring (bicyclic) bond motifs is 1. The van der Waals surface area contributed by atoms with Crippen molar-refractivity contribution in [1.29, 1.82) is 0 Å². The fraction of sp³-hybridized carbons (Fsp3) is 0.200. The highest BCUT2D eigenvalue weighted by Crippen LogP contribution is 2.37. The first-order valence-electron chi connectivity index (χ1n) is 12.8. The molecule has 210 valence electrons. The topological polar surface area (TPSA) is 120 Å². The third-order valence-corrected chi connectivity index (χ3v) is 8.73. The molecular formula is C30H26N2O8S. The molecule has 11 heteroatoms. The lowest BCUT2D eigenvalue weighted by atomic mass is 9.94. The van der Waals surface area contributed by atoms with E-state index in [1.54, 1.807) is 48.5 Å². The number of rotatable bonds is 9. The number of sulfonamides is 1. The summed E-state index contributed by atoms with van der Waals surface area (Å²) in [6.45, 7) is -0.0316. The Balaban J connectivity index is 1.31. The summed E-state index contributed by atoms with van der Waals surface area (Å²) < 4.78 is 51.6. The summed E-state index contributed by atoms with van der Waals surface area (Å²) in [5, 5.41) is 1.43. The number of para-hydroxylation sites is 1. The molecule has 2 aliphatic heterocycles. The second-order valence-electron chi connectivity index (χ2n) is 9.51. The van der Waals surface area contributed by atoms with Crippen LogP contribution in [0.2, 0.25) is 0 Å². The average molecular weight is 575 g/mol. The smallest absolute Gasteiger partial charge is 0.261 e. The number of carbonyl (C=O) groups excluding carboxylic acids is 2. The molecule has 0 saturated heterocycles. The number of benzene rings is 4. The van der Waals surface area contributed by atoms with Crippen molar-refractivity contribution < 1.29 is 37.0 Å². The molecule has 0 atom stereocenters. The van der Waals surface area contributed by atoms with E-state index in [-0.39, 0.29) is 36.9 Å². The maximum atomic E-state index is 13.6. The molecule has 4 aromatic carbocycles. The third kappa shape index (κ3) is 4.62. The number of nitrogens with zero attached hydrogens (tertiary/aromatic N) is 1. The van der Waals surface area contributed by atoms with Gasteiger partial charge < -0.3 is 18.9 Å². The minimum atomic E-state index is -4.10. The molecule has 10 nitrogen and oxygen atoms in total. The van der Waals surface area contributed by atoms with Crippen molar-refractivity contribution in [3.8, 4) is 23.0 Å². The van der Waals surface area contributed by atoms with Gasteiger partial charge in [0.2, 0.25) is 16.8 Å². The highest BCUT2D eigenvalue weighted by Gasteiger charge is 2.33. The van der Waals surface area contributed by atoms with Crippen molar-refractivity contribution >= 4 is 32.6 Å². The van der Waals surface area contributed by atoms with Gasteiger partial charge in [-0.25, -0.2) is 13.1 Å².